The van der Waals surface area contributed by atoms with Crippen molar-refractivity contribution < 1.29 is 0 Å². The van der Waals surface area contributed by atoms with Gasteiger partial charge in [-0.15, -0.1) is 0 Å². The molecule has 0 spiro atoms. The Morgan fingerprint density at radius 3 is 1.77 bits per heavy atom. The highest BCUT2D eigenvalue weighted by molar-refractivity contribution is 6.08. The fraction of sp³-hybridized carbons (Fsp3) is 0.0784. The zero-order chi connectivity index (χ0) is 35.9. The molecule has 2 heteroatoms. The van der Waals surface area contributed by atoms with Crippen LogP contribution in [0, 0.1) is 6.92 Å². The Bertz CT molecular complexity index is 2910. The van der Waals surface area contributed by atoms with E-state index in [-0.39, 0.29) is 0 Å². The second-order valence-electron chi connectivity index (χ2n) is 14.0. The molecular formula is C51H40N2. The molecule has 0 saturated heterocycles. The van der Waals surface area contributed by atoms with Crippen LogP contribution in [-0.4, -0.2) is 9.55 Å². The van der Waals surface area contributed by atoms with Crippen LogP contribution >= 0.6 is 0 Å². The number of fused-ring (bicyclic) bond motifs is 3. The van der Waals surface area contributed by atoms with E-state index in [0.717, 1.165) is 46.4 Å². The fourth-order valence-corrected chi connectivity index (χ4v) is 7.88. The lowest BCUT2D eigenvalue weighted by atomic mass is 9.86. The molecule has 0 radical (unpaired) electrons. The van der Waals surface area contributed by atoms with Gasteiger partial charge in [0.1, 0.15) is 5.82 Å². The van der Waals surface area contributed by atoms with Crippen molar-refractivity contribution in [3.05, 3.63) is 180 Å². The molecule has 0 aliphatic carbocycles. The van der Waals surface area contributed by atoms with Gasteiger partial charge in [0, 0.05) is 17.4 Å². The van der Waals surface area contributed by atoms with Gasteiger partial charge in [-0.3, -0.25) is 4.57 Å². The van der Waals surface area contributed by atoms with Gasteiger partial charge in [-0.2, -0.15) is 0 Å². The fourth-order valence-electron chi connectivity index (χ4n) is 7.88. The van der Waals surface area contributed by atoms with E-state index in [4.69, 9.17) is 11.6 Å². The normalized spacial score (nSPS) is 11.9. The van der Waals surface area contributed by atoms with Crippen molar-refractivity contribution in [1.29, 1.82) is 0 Å². The molecule has 9 rings (SSSR count). The van der Waals surface area contributed by atoms with Crippen LogP contribution in [-0.2, 0) is 0 Å². The van der Waals surface area contributed by atoms with E-state index in [2.05, 4.69) is 175 Å². The maximum absolute atomic E-state index is 4.92. The van der Waals surface area contributed by atoms with Crippen molar-refractivity contribution in [2.75, 3.05) is 0 Å². The predicted octanol–water partition coefficient (Wildman–Crippen LogP) is 12.3. The summed E-state index contributed by atoms with van der Waals surface area (Å²) in [5.74, 6) is 0.940. The third-order valence-electron chi connectivity index (χ3n) is 10.5. The maximum atomic E-state index is 4.92. The van der Waals surface area contributed by atoms with E-state index in [1.165, 1.54) is 65.4 Å². The average molecular weight is 681 g/mol. The van der Waals surface area contributed by atoms with E-state index in [1.807, 2.05) is 13.0 Å². The predicted molar refractivity (Wildman–Crippen MR) is 227 cm³/mol. The van der Waals surface area contributed by atoms with Crippen LogP contribution < -0.4 is 10.4 Å². The number of rotatable bonds is 7. The summed E-state index contributed by atoms with van der Waals surface area (Å²) in [6.45, 7) is 9.16. The number of imidazole rings is 1. The lowest BCUT2D eigenvalue weighted by Crippen LogP contribution is -2.28. The molecule has 0 saturated carbocycles. The molecule has 254 valence electrons. The highest BCUT2D eigenvalue weighted by Gasteiger charge is 2.17. The Labute approximate surface area is 310 Å². The van der Waals surface area contributed by atoms with Gasteiger partial charge in [-0.05, 0) is 120 Å². The van der Waals surface area contributed by atoms with E-state index in [0.29, 0.717) is 0 Å². The topological polar surface area (TPSA) is 17.8 Å². The number of para-hydroxylation sites is 1. The van der Waals surface area contributed by atoms with Crippen LogP contribution in [0.4, 0.5) is 0 Å². The Morgan fingerprint density at radius 2 is 1.11 bits per heavy atom. The summed E-state index contributed by atoms with van der Waals surface area (Å²) in [6, 6.07) is 57.2. The summed E-state index contributed by atoms with van der Waals surface area (Å²) in [4.78, 5) is 4.92. The van der Waals surface area contributed by atoms with Crippen LogP contribution in [0.25, 0.3) is 95.4 Å². The number of unbranched alkanes of at least 4 members (excludes halogenated alkanes) is 1. The molecule has 0 aliphatic heterocycles. The number of hydrogen-bond acceptors (Lipinski definition) is 1. The van der Waals surface area contributed by atoms with Gasteiger partial charge in [-0.1, -0.05) is 153 Å². The van der Waals surface area contributed by atoms with Crippen LogP contribution in [0.15, 0.2) is 164 Å². The van der Waals surface area contributed by atoms with Crippen LogP contribution in [0.5, 0.6) is 0 Å². The largest absolute Gasteiger partial charge is 0.300 e. The molecule has 1 heterocycles. The SMILES string of the molecule is C=c1c(-c2ccc3ccccc3c2)c2cc(-c3ccc(-c4nc(C)cn4-c4ccccc4)cc3)ccc2c(-c2ccc3ccccc3c2)/c1=C/CCC. The van der Waals surface area contributed by atoms with Crippen molar-refractivity contribution in [2.24, 2.45) is 0 Å². The molecule has 0 fully saturated rings. The van der Waals surface area contributed by atoms with Crippen molar-refractivity contribution in [1.82, 2.24) is 9.55 Å². The highest BCUT2D eigenvalue weighted by Crippen LogP contribution is 2.37. The number of nitrogens with zero attached hydrogens (tertiary/aromatic N) is 2. The van der Waals surface area contributed by atoms with Gasteiger partial charge in [0.15, 0.2) is 0 Å². The summed E-state index contributed by atoms with van der Waals surface area (Å²) in [6.07, 6.45) is 6.56. The molecule has 9 aromatic rings. The minimum atomic E-state index is 0.940. The van der Waals surface area contributed by atoms with Gasteiger partial charge in [-0.25, -0.2) is 4.98 Å². The first-order valence-corrected chi connectivity index (χ1v) is 18.5. The smallest absolute Gasteiger partial charge is 0.144 e. The number of benzene rings is 8. The van der Waals surface area contributed by atoms with Crippen LogP contribution in [0.1, 0.15) is 25.5 Å². The first-order valence-electron chi connectivity index (χ1n) is 18.5. The van der Waals surface area contributed by atoms with Crippen molar-refractivity contribution in [3.63, 3.8) is 0 Å². The molecule has 0 N–H and O–H groups in total. The molecule has 8 aromatic carbocycles. The van der Waals surface area contributed by atoms with Gasteiger partial charge in [0.2, 0.25) is 0 Å². The monoisotopic (exact) mass is 680 g/mol. The van der Waals surface area contributed by atoms with Gasteiger partial charge in [0.05, 0.1) is 5.69 Å². The molecule has 53 heavy (non-hydrogen) atoms. The van der Waals surface area contributed by atoms with E-state index in [9.17, 15) is 0 Å². The Morgan fingerprint density at radius 1 is 0.547 bits per heavy atom. The Hall–Kier alpha value is -6.51. The maximum Gasteiger partial charge on any atom is 0.144 e. The second-order valence-corrected chi connectivity index (χ2v) is 14.0. The standard InChI is InChI=1S/C51H40N2/c1-4-5-19-46-35(3)49(43-26-22-36-13-9-11-15-40(36)30-43)48-32-42(28-29-47(48)50(46)44-27-23-37-14-10-12-16-41(37)31-44)38-20-24-39(25-21-38)51-52-34(2)33-53(51)45-17-7-6-8-18-45/h6-33H,3-5H2,1-2H3/b46-19+. The minimum absolute atomic E-state index is 0.940. The lowest BCUT2D eigenvalue weighted by molar-refractivity contribution is 0.991. The first-order chi connectivity index (χ1) is 26.1. The third-order valence-corrected chi connectivity index (χ3v) is 10.5. The number of hydrogen-bond donors (Lipinski definition) is 0. The molecule has 0 unspecified atom stereocenters. The summed E-state index contributed by atoms with van der Waals surface area (Å²) in [7, 11) is 0. The van der Waals surface area contributed by atoms with Crippen LogP contribution in [0.3, 0.4) is 0 Å². The van der Waals surface area contributed by atoms with Gasteiger partial charge < -0.3 is 0 Å². The zero-order valence-electron chi connectivity index (χ0n) is 30.2. The lowest BCUT2D eigenvalue weighted by Gasteiger charge is -2.18. The molecule has 0 atom stereocenters. The quantitative estimate of drug-likeness (QED) is 0.164. The van der Waals surface area contributed by atoms with E-state index < -0.39 is 0 Å². The molecular weight excluding hydrogens is 641 g/mol. The minimum Gasteiger partial charge on any atom is -0.300 e. The average Bonchev–Trinajstić information content (AvgIpc) is 3.61. The van der Waals surface area contributed by atoms with E-state index in [1.54, 1.807) is 0 Å². The van der Waals surface area contributed by atoms with Gasteiger partial charge in [0.25, 0.3) is 0 Å². The summed E-state index contributed by atoms with van der Waals surface area (Å²) >= 11 is 0. The van der Waals surface area contributed by atoms with Gasteiger partial charge >= 0.3 is 0 Å². The van der Waals surface area contributed by atoms with Crippen molar-refractivity contribution >= 4 is 45.0 Å². The summed E-state index contributed by atoms with van der Waals surface area (Å²) in [5.41, 5.74) is 10.3. The highest BCUT2D eigenvalue weighted by atomic mass is 15.1. The molecule has 0 aliphatic rings. The summed E-state index contributed by atoms with van der Waals surface area (Å²) < 4.78 is 2.17. The van der Waals surface area contributed by atoms with E-state index >= 15 is 0 Å². The zero-order valence-corrected chi connectivity index (χ0v) is 30.2. The number of aromatic nitrogens is 2. The number of aryl methyl sites for hydroxylation is 1. The van der Waals surface area contributed by atoms with Crippen molar-refractivity contribution in [3.8, 4) is 50.5 Å². The molecule has 0 amide bonds. The second kappa shape index (κ2) is 13.6. The summed E-state index contributed by atoms with van der Waals surface area (Å²) in [5, 5.41) is 9.68. The van der Waals surface area contributed by atoms with Crippen molar-refractivity contribution in [2.45, 2.75) is 26.7 Å². The first kappa shape index (κ1) is 32.4. The molecule has 0 bridgehead atoms. The Kier molecular flexibility index (Phi) is 8.29. The van der Waals surface area contributed by atoms with Crippen LogP contribution in [0.2, 0.25) is 0 Å². The molecule has 2 nitrogen and oxygen atoms in total. The third kappa shape index (κ3) is 5.93. The molecule has 1 aromatic heterocycles. The Balaban J connectivity index is 1.26.